The summed E-state index contributed by atoms with van der Waals surface area (Å²) in [5, 5.41) is 0.280. The zero-order chi connectivity index (χ0) is 17.1. The standard InChI is InChI=1S/C18H14F2N2OS/c1-12-5-6-15(10-16(12)20)22-8-7-21-17(18(22)23)24-11-13-3-2-4-14(19)9-13/h2-10H,11H2,1H3. The molecule has 0 amide bonds. The van der Waals surface area contributed by atoms with Crippen molar-refractivity contribution in [2.24, 2.45) is 0 Å². The van der Waals surface area contributed by atoms with Crippen molar-refractivity contribution in [2.75, 3.05) is 0 Å². The Labute approximate surface area is 142 Å². The summed E-state index contributed by atoms with van der Waals surface area (Å²) in [6, 6.07) is 10.8. The summed E-state index contributed by atoms with van der Waals surface area (Å²) in [6.45, 7) is 1.66. The largest absolute Gasteiger partial charge is 0.287 e. The molecule has 122 valence electrons. The zero-order valence-electron chi connectivity index (χ0n) is 12.9. The summed E-state index contributed by atoms with van der Waals surface area (Å²) in [5.74, 6) is -0.265. The molecule has 0 radical (unpaired) electrons. The third-order valence-corrected chi connectivity index (χ3v) is 4.54. The second kappa shape index (κ2) is 6.97. The van der Waals surface area contributed by atoms with Crippen molar-refractivity contribution in [3.63, 3.8) is 0 Å². The van der Waals surface area contributed by atoms with E-state index in [2.05, 4.69) is 4.98 Å². The maximum atomic E-state index is 13.7. The molecule has 0 N–H and O–H groups in total. The molecule has 1 aromatic heterocycles. The van der Waals surface area contributed by atoms with Gasteiger partial charge in [0.15, 0.2) is 5.03 Å². The van der Waals surface area contributed by atoms with Gasteiger partial charge in [0, 0.05) is 18.1 Å². The lowest BCUT2D eigenvalue weighted by atomic mass is 10.2. The highest BCUT2D eigenvalue weighted by atomic mass is 32.2. The van der Waals surface area contributed by atoms with Crippen LogP contribution in [0.1, 0.15) is 11.1 Å². The SMILES string of the molecule is Cc1ccc(-n2ccnc(SCc3cccc(F)c3)c2=O)cc1F. The number of aryl methyl sites for hydroxylation is 1. The van der Waals surface area contributed by atoms with E-state index in [9.17, 15) is 13.6 Å². The van der Waals surface area contributed by atoms with Gasteiger partial charge in [0.05, 0.1) is 5.69 Å². The summed E-state index contributed by atoms with van der Waals surface area (Å²) < 4.78 is 28.3. The molecule has 0 saturated heterocycles. The Morgan fingerprint density at radius 1 is 1.17 bits per heavy atom. The molecule has 3 nitrogen and oxygen atoms in total. The molecule has 0 bridgehead atoms. The van der Waals surface area contributed by atoms with E-state index in [1.807, 2.05) is 0 Å². The van der Waals surface area contributed by atoms with Gasteiger partial charge in [0.2, 0.25) is 0 Å². The average Bonchev–Trinajstić information content (AvgIpc) is 2.57. The van der Waals surface area contributed by atoms with Crippen molar-refractivity contribution in [3.8, 4) is 5.69 Å². The Bertz CT molecular complexity index is 940. The molecular formula is C18H14F2N2OS. The van der Waals surface area contributed by atoms with E-state index in [-0.39, 0.29) is 22.2 Å². The maximum absolute atomic E-state index is 13.7. The quantitative estimate of drug-likeness (QED) is 0.668. The number of nitrogens with zero attached hydrogens (tertiary/aromatic N) is 2. The second-order valence-electron chi connectivity index (χ2n) is 5.26. The van der Waals surface area contributed by atoms with E-state index in [0.717, 1.165) is 5.56 Å². The monoisotopic (exact) mass is 344 g/mol. The Balaban J connectivity index is 1.88. The van der Waals surface area contributed by atoms with Crippen LogP contribution in [0.2, 0.25) is 0 Å². The molecule has 24 heavy (non-hydrogen) atoms. The molecule has 0 aliphatic heterocycles. The van der Waals surface area contributed by atoms with Gasteiger partial charge in [0.1, 0.15) is 11.6 Å². The maximum Gasteiger partial charge on any atom is 0.287 e. The predicted molar refractivity (Wildman–Crippen MR) is 90.5 cm³/mol. The van der Waals surface area contributed by atoms with Gasteiger partial charge in [-0.1, -0.05) is 30.0 Å². The highest BCUT2D eigenvalue weighted by Crippen LogP contribution is 2.19. The lowest BCUT2D eigenvalue weighted by Gasteiger charge is -2.08. The number of thioether (sulfide) groups is 1. The molecule has 3 aromatic rings. The fourth-order valence-corrected chi connectivity index (χ4v) is 3.05. The fourth-order valence-electron chi connectivity index (χ4n) is 2.21. The Morgan fingerprint density at radius 2 is 2.00 bits per heavy atom. The van der Waals surface area contributed by atoms with Crippen LogP contribution < -0.4 is 5.56 Å². The van der Waals surface area contributed by atoms with Gasteiger partial charge in [-0.25, -0.2) is 13.8 Å². The van der Waals surface area contributed by atoms with Crippen molar-refractivity contribution < 1.29 is 8.78 Å². The summed E-state index contributed by atoms with van der Waals surface area (Å²) >= 11 is 1.22. The first-order valence-electron chi connectivity index (χ1n) is 7.26. The first-order valence-corrected chi connectivity index (χ1v) is 8.24. The van der Waals surface area contributed by atoms with Gasteiger partial charge in [-0.2, -0.15) is 0 Å². The highest BCUT2D eigenvalue weighted by Gasteiger charge is 2.09. The van der Waals surface area contributed by atoms with Gasteiger partial charge >= 0.3 is 0 Å². The van der Waals surface area contributed by atoms with Crippen molar-refractivity contribution in [2.45, 2.75) is 17.7 Å². The third-order valence-electron chi connectivity index (χ3n) is 3.51. The molecule has 0 unspecified atom stereocenters. The first kappa shape index (κ1) is 16.4. The highest BCUT2D eigenvalue weighted by molar-refractivity contribution is 7.98. The first-order chi connectivity index (χ1) is 11.5. The van der Waals surface area contributed by atoms with Crippen molar-refractivity contribution in [3.05, 3.63) is 88.0 Å². The number of benzene rings is 2. The average molecular weight is 344 g/mol. The van der Waals surface area contributed by atoms with Crippen LogP contribution in [-0.4, -0.2) is 9.55 Å². The second-order valence-corrected chi connectivity index (χ2v) is 6.22. The zero-order valence-corrected chi connectivity index (χ0v) is 13.7. The molecule has 6 heteroatoms. The minimum Gasteiger partial charge on any atom is -0.280 e. The number of rotatable bonds is 4. The Hall–Kier alpha value is -2.47. The van der Waals surface area contributed by atoms with E-state index < -0.39 is 0 Å². The minimum absolute atomic E-state index is 0.280. The fraction of sp³-hybridized carbons (Fsp3) is 0.111. The van der Waals surface area contributed by atoms with E-state index in [0.29, 0.717) is 17.0 Å². The van der Waals surface area contributed by atoms with Gasteiger partial charge in [-0.05, 0) is 42.3 Å². The lowest BCUT2D eigenvalue weighted by Crippen LogP contribution is -2.20. The molecule has 1 heterocycles. The minimum atomic E-state index is -0.370. The van der Waals surface area contributed by atoms with Crippen LogP contribution in [0.15, 0.2) is 64.7 Å². The molecular weight excluding hydrogens is 330 g/mol. The van der Waals surface area contributed by atoms with Crippen LogP contribution in [0, 0.1) is 18.6 Å². The molecule has 0 aliphatic carbocycles. The van der Waals surface area contributed by atoms with E-state index in [1.54, 1.807) is 31.2 Å². The molecule has 0 spiro atoms. The number of halogens is 2. The van der Waals surface area contributed by atoms with Crippen LogP contribution >= 0.6 is 11.8 Å². The van der Waals surface area contributed by atoms with Gasteiger partial charge in [-0.15, -0.1) is 0 Å². The molecule has 3 rings (SSSR count). The van der Waals surface area contributed by atoms with E-state index in [4.69, 9.17) is 0 Å². The van der Waals surface area contributed by atoms with Gasteiger partial charge in [0.25, 0.3) is 5.56 Å². The molecule has 0 fully saturated rings. The summed E-state index contributed by atoms with van der Waals surface area (Å²) in [5.41, 5.74) is 1.39. The summed E-state index contributed by atoms with van der Waals surface area (Å²) in [7, 11) is 0. The van der Waals surface area contributed by atoms with Gasteiger partial charge < -0.3 is 0 Å². The number of aromatic nitrogens is 2. The molecule has 2 aromatic carbocycles. The number of hydrogen-bond acceptors (Lipinski definition) is 3. The van der Waals surface area contributed by atoms with Crippen molar-refractivity contribution in [1.29, 1.82) is 0 Å². The summed E-state index contributed by atoms with van der Waals surface area (Å²) in [4.78, 5) is 16.6. The normalized spacial score (nSPS) is 10.8. The molecule has 0 aliphatic rings. The van der Waals surface area contributed by atoms with E-state index >= 15 is 0 Å². The molecule has 0 atom stereocenters. The van der Waals surface area contributed by atoms with Crippen LogP contribution in [0.25, 0.3) is 5.69 Å². The van der Waals surface area contributed by atoms with Crippen molar-refractivity contribution in [1.82, 2.24) is 9.55 Å². The van der Waals surface area contributed by atoms with Crippen LogP contribution in [-0.2, 0) is 5.75 Å². The topological polar surface area (TPSA) is 34.9 Å². The van der Waals surface area contributed by atoms with Crippen LogP contribution in [0.5, 0.6) is 0 Å². The predicted octanol–water partition coefficient (Wildman–Crippen LogP) is 4.11. The smallest absolute Gasteiger partial charge is 0.280 e. The third kappa shape index (κ3) is 3.54. The van der Waals surface area contributed by atoms with Crippen molar-refractivity contribution >= 4 is 11.8 Å². The van der Waals surface area contributed by atoms with E-state index in [1.165, 1.54) is 46.9 Å². The lowest BCUT2D eigenvalue weighted by molar-refractivity contribution is 0.616. The van der Waals surface area contributed by atoms with Crippen LogP contribution in [0.3, 0.4) is 0 Å². The Kier molecular flexibility index (Phi) is 4.76. The van der Waals surface area contributed by atoms with Gasteiger partial charge in [-0.3, -0.25) is 9.36 Å². The Morgan fingerprint density at radius 3 is 2.75 bits per heavy atom. The summed E-state index contributed by atoms with van der Waals surface area (Å²) in [6.07, 6.45) is 2.99. The number of hydrogen-bond donors (Lipinski definition) is 0. The molecule has 0 saturated carbocycles. The van der Waals surface area contributed by atoms with Crippen LogP contribution in [0.4, 0.5) is 8.78 Å².